The minimum Gasteiger partial charge on any atom is -0.329 e. The molecule has 1 saturated carbocycles. The molecule has 0 unspecified atom stereocenters. The number of tetrazole rings is 1. The lowest BCUT2D eigenvalue weighted by atomic mass is 10.1. The van der Waals surface area contributed by atoms with Crippen LogP contribution < -0.4 is 5.73 Å². The van der Waals surface area contributed by atoms with Gasteiger partial charge in [-0.15, -0.1) is 10.2 Å². The first kappa shape index (κ1) is 7.67. The first-order valence-electron chi connectivity index (χ1n) is 4.29. The van der Waals surface area contributed by atoms with Crippen LogP contribution in [0.1, 0.15) is 25.6 Å². The molecule has 0 aromatic carbocycles. The number of rotatable bonds is 3. The van der Waals surface area contributed by atoms with Gasteiger partial charge in [-0.2, -0.15) is 4.80 Å². The first-order chi connectivity index (χ1) is 5.80. The maximum Gasteiger partial charge on any atom is 0.182 e. The summed E-state index contributed by atoms with van der Waals surface area (Å²) in [6.45, 7) is 3.41. The molecule has 0 aliphatic heterocycles. The third kappa shape index (κ3) is 1.01. The average Bonchev–Trinajstić information content (AvgIpc) is 2.77. The summed E-state index contributed by atoms with van der Waals surface area (Å²) in [6, 6.07) is 0. The van der Waals surface area contributed by atoms with Gasteiger partial charge in [-0.1, -0.05) is 0 Å². The van der Waals surface area contributed by atoms with Crippen LogP contribution in [-0.4, -0.2) is 26.8 Å². The Labute approximate surface area is 70.9 Å². The fraction of sp³-hybridized carbons (Fsp3) is 0.857. The van der Waals surface area contributed by atoms with E-state index in [1.54, 1.807) is 4.80 Å². The van der Waals surface area contributed by atoms with Gasteiger partial charge in [-0.05, 0) is 25.0 Å². The maximum absolute atomic E-state index is 5.63. The van der Waals surface area contributed by atoms with E-state index < -0.39 is 0 Å². The third-order valence-electron chi connectivity index (χ3n) is 2.45. The van der Waals surface area contributed by atoms with Crippen LogP contribution in [-0.2, 0) is 12.0 Å². The Balaban J connectivity index is 2.23. The molecule has 1 heterocycles. The van der Waals surface area contributed by atoms with Crippen molar-refractivity contribution >= 4 is 0 Å². The predicted octanol–water partition coefficient (Wildman–Crippen LogP) is -0.317. The highest BCUT2D eigenvalue weighted by atomic mass is 15.6. The lowest BCUT2D eigenvalue weighted by molar-refractivity contribution is 0.544. The highest BCUT2D eigenvalue weighted by Gasteiger charge is 2.46. The van der Waals surface area contributed by atoms with Gasteiger partial charge < -0.3 is 5.73 Å². The topological polar surface area (TPSA) is 69.6 Å². The van der Waals surface area contributed by atoms with Gasteiger partial charge in [0.25, 0.3) is 0 Å². The molecule has 1 aliphatic carbocycles. The van der Waals surface area contributed by atoms with Gasteiger partial charge in [-0.25, -0.2) is 0 Å². The van der Waals surface area contributed by atoms with Crippen LogP contribution in [0, 0.1) is 0 Å². The average molecular weight is 167 g/mol. The summed E-state index contributed by atoms with van der Waals surface area (Å²) in [5.74, 6) is 0.826. The fourth-order valence-electron chi connectivity index (χ4n) is 1.26. The van der Waals surface area contributed by atoms with Gasteiger partial charge in [0.2, 0.25) is 0 Å². The summed E-state index contributed by atoms with van der Waals surface area (Å²) < 4.78 is 0. The molecule has 5 nitrogen and oxygen atoms in total. The second-order valence-electron chi connectivity index (χ2n) is 3.29. The molecule has 0 spiro atoms. The van der Waals surface area contributed by atoms with E-state index in [4.69, 9.17) is 5.73 Å². The highest BCUT2D eigenvalue weighted by Crippen LogP contribution is 2.45. The van der Waals surface area contributed by atoms with Crippen LogP contribution in [0.3, 0.4) is 0 Å². The quantitative estimate of drug-likeness (QED) is 0.670. The van der Waals surface area contributed by atoms with Crippen LogP contribution in [0.25, 0.3) is 0 Å². The fourth-order valence-corrected chi connectivity index (χ4v) is 1.26. The molecular formula is C7H13N5. The van der Waals surface area contributed by atoms with Crippen LogP contribution in [0.15, 0.2) is 0 Å². The van der Waals surface area contributed by atoms with Crippen molar-refractivity contribution < 1.29 is 0 Å². The molecule has 12 heavy (non-hydrogen) atoms. The number of nitrogens with zero attached hydrogens (tertiary/aromatic N) is 4. The summed E-state index contributed by atoms with van der Waals surface area (Å²) in [5, 5.41) is 12.2. The van der Waals surface area contributed by atoms with E-state index in [-0.39, 0.29) is 5.41 Å². The summed E-state index contributed by atoms with van der Waals surface area (Å²) in [5.41, 5.74) is 5.71. The number of aryl methyl sites for hydroxylation is 1. The minimum atomic E-state index is 0.0768. The smallest absolute Gasteiger partial charge is 0.182 e. The molecular weight excluding hydrogens is 154 g/mol. The summed E-state index contributed by atoms with van der Waals surface area (Å²) >= 11 is 0. The van der Waals surface area contributed by atoms with Crippen LogP contribution >= 0.6 is 0 Å². The van der Waals surface area contributed by atoms with Crippen molar-refractivity contribution in [3.63, 3.8) is 0 Å². The lowest BCUT2D eigenvalue weighted by Gasteiger charge is -2.03. The van der Waals surface area contributed by atoms with E-state index >= 15 is 0 Å². The largest absolute Gasteiger partial charge is 0.329 e. The van der Waals surface area contributed by atoms with Gasteiger partial charge in [0, 0.05) is 12.0 Å². The second-order valence-corrected chi connectivity index (χ2v) is 3.29. The molecule has 2 rings (SSSR count). The maximum atomic E-state index is 5.63. The number of nitrogens with two attached hydrogens (primary N) is 1. The molecule has 1 aromatic heterocycles. The number of aromatic nitrogens is 4. The zero-order valence-corrected chi connectivity index (χ0v) is 7.19. The third-order valence-corrected chi connectivity index (χ3v) is 2.45. The summed E-state index contributed by atoms with van der Waals surface area (Å²) in [7, 11) is 0. The minimum absolute atomic E-state index is 0.0768. The summed E-state index contributed by atoms with van der Waals surface area (Å²) in [4.78, 5) is 1.60. The zero-order valence-electron chi connectivity index (χ0n) is 7.19. The Morgan fingerprint density at radius 3 is 2.75 bits per heavy atom. The Morgan fingerprint density at radius 1 is 1.58 bits per heavy atom. The van der Waals surface area contributed by atoms with Crippen molar-refractivity contribution in [3.05, 3.63) is 5.82 Å². The monoisotopic (exact) mass is 167 g/mol. The Morgan fingerprint density at radius 2 is 2.33 bits per heavy atom. The van der Waals surface area contributed by atoms with E-state index in [1.807, 2.05) is 6.92 Å². The molecule has 1 aromatic rings. The standard InChI is InChI=1S/C7H13N5/c1-2-12-10-6(9-11-12)7(5-8)3-4-7/h2-5,8H2,1H3. The van der Waals surface area contributed by atoms with Gasteiger partial charge >= 0.3 is 0 Å². The molecule has 1 fully saturated rings. The van der Waals surface area contributed by atoms with Crippen molar-refractivity contribution in [2.75, 3.05) is 6.54 Å². The molecule has 5 heteroatoms. The van der Waals surface area contributed by atoms with Crippen LogP contribution in [0.4, 0.5) is 0 Å². The van der Waals surface area contributed by atoms with E-state index in [0.717, 1.165) is 25.2 Å². The normalized spacial score (nSPS) is 19.5. The van der Waals surface area contributed by atoms with Crippen molar-refractivity contribution in [2.45, 2.75) is 31.7 Å². The van der Waals surface area contributed by atoms with Gasteiger partial charge in [-0.3, -0.25) is 0 Å². The Hall–Kier alpha value is -0.970. The number of hydrogen-bond donors (Lipinski definition) is 1. The summed E-state index contributed by atoms with van der Waals surface area (Å²) in [6.07, 6.45) is 2.22. The number of hydrogen-bond acceptors (Lipinski definition) is 4. The van der Waals surface area contributed by atoms with Crippen LogP contribution in [0.2, 0.25) is 0 Å². The molecule has 0 radical (unpaired) electrons. The molecule has 0 saturated heterocycles. The van der Waals surface area contributed by atoms with Gasteiger partial charge in [0.15, 0.2) is 5.82 Å². The van der Waals surface area contributed by atoms with Crippen molar-refractivity contribution in [3.8, 4) is 0 Å². The molecule has 2 N–H and O–H groups in total. The van der Waals surface area contributed by atoms with Crippen molar-refractivity contribution in [2.24, 2.45) is 5.73 Å². The first-order valence-corrected chi connectivity index (χ1v) is 4.29. The molecule has 66 valence electrons. The van der Waals surface area contributed by atoms with E-state index in [9.17, 15) is 0 Å². The zero-order chi connectivity index (χ0) is 8.60. The molecule has 1 aliphatic rings. The Kier molecular flexibility index (Phi) is 1.61. The van der Waals surface area contributed by atoms with Gasteiger partial charge in [0.05, 0.1) is 6.54 Å². The van der Waals surface area contributed by atoms with Crippen molar-refractivity contribution in [1.82, 2.24) is 20.2 Å². The van der Waals surface area contributed by atoms with E-state index in [1.165, 1.54) is 0 Å². The molecule has 0 bridgehead atoms. The molecule has 0 atom stereocenters. The SMILES string of the molecule is CCn1nnc(C2(CN)CC2)n1. The predicted molar refractivity (Wildman–Crippen MR) is 43.5 cm³/mol. The highest BCUT2D eigenvalue weighted by molar-refractivity contribution is 5.16. The van der Waals surface area contributed by atoms with Crippen LogP contribution in [0.5, 0.6) is 0 Å². The second kappa shape index (κ2) is 2.52. The van der Waals surface area contributed by atoms with Crippen molar-refractivity contribution in [1.29, 1.82) is 0 Å². The Bertz CT molecular complexity index is 275. The lowest BCUT2D eigenvalue weighted by Crippen LogP contribution is -2.21. The molecule has 0 amide bonds. The van der Waals surface area contributed by atoms with E-state index in [2.05, 4.69) is 15.4 Å². The van der Waals surface area contributed by atoms with E-state index in [0.29, 0.717) is 6.54 Å². The van der Waals surface area contributed by atoms with Gasteiger partial charge in [0.1, 0.15) is 0 Å².